The fourth-order valence-electron chi connectivity index (χ4n) is 2.90. The van der Waals surface area contributed by atoms with E-state index >= 15 is 0 Å². The van der Waals surface area contributed by atoms with Crippen molar-refractivity contribution in [2.24, 2.45) is 4.99 Å². The molecule has 2 rings (SSSR count). The van der Waals surface area contributed by atoms with Crippen LogP contribution < -0.4 is 10.6 Å². The fourth-order valence-corrected chi connectivity index (χ4v) is 3.10. The molecule has 0 radical (unpaired) electrons. The van der Waals surface area contributed by atoms with E-state index in [0.29, 0.717) is 0 Å². The van der Waals surface area contributed by atoms with Crippen molar-refractivity contribution in [3.05, 3.63) is 34.9 Å². The van der Waals surface area contributed by atoms with Crippen LogP contribution in [0.5, 0.6) is 0 Å². The highest BCUT2D eigenvalue weighted by Crippen LogP contribution is 2.23. The highest BCUT2D eigenvalue weighted by atomic mass is 35.5. The van der Waals surface area contributed by atoms with Crippen LogP contribution in [-0.4, -0.2) is 71.0 Å². The minimum atomic E-state index is 0.222. The Morgan fingerprint density at radius 2 is 2.16 bits per heavy atom. The molecule has 0 aromatic heterocycles. The Morgan fingerprint density at radius 3 is 2.84 bits per heavy atom. The molecule has 6 nitrogen and oxygen atoms in total. The zero-order chi connectivity index (χ0) is 17.9. The number of rotatable bonds is 8. The second-order valence-corrected chi connectivity index (χ2v) is 6.38. The molecular formula is C18H29ClN4O2. The summed E-state index contributed by atoms with van der Waals surface area (Å²) >= 11 is 6.20. The van der Waals surface area contributed by atoms with E-state index < -0.39 is 0 Å². The third-order valence-corrected chi connectivity index (χ3v) is 4.46. The Labute approximate surface area is 155 Å². The quantitative estimate of drug-likeness (QED) is 0.417. The highest BCUT2D eigenvalue weighted by Gasteiger charge is 2.23. The van der Waals surface area contributed by atoms with Gasteiger partial charge in [-0.25, -0.2) is 0 Å². The summed E-state index contributed by atoms with van der Waals surface area (Å²) in [4.78, 5) is 6.73. The molecule has 1 aliphatic rings. The average molecular weight is 369 g/mol. The SMILES string of the molecule is CN=C(NCCCOC)NCC(c1cccc(Cl)c1)N1CCOCC1. The van der Waals surface area contributed by atoms with Gasteiger partial charge in [-0.05, 0) is 24.1 Å². The molecule has 0 saturated carbocycles. The lowest BCUT2D eigenvalue weighted by Crippen LogP contribution is -2.46. The van der Waals surface area contributed by atoms with Gasteiger partial charge in [-0.15, -0.1) is 0 Å². The van der Waals surface area contributed by atoms with Crippen LogP contribution >= 0.6 is 11.6 Å². The van der Waals surface area contributed by atoms with Crippen LogP contribution in [-0.2, 0) is 9.47 Å². The Morgan fingerprint density at radius 1 is 1.36 bits per heavy atom. The van der Waals surface area contributed by atoms with E-state index in [1.807, 2.05) is 18.2 Å². The summed E-state index contributed by atoms with van der Waals surface area (Å²) in [6.07, 6.45) is 0.943. The van der Waals surface area contributed by atoms with Crippen LogP contribution in [0.15, 0.2) is 29.3 Å². The molecule has 1 aromatic carbocycles. The first-order valence-corrected chi connectivity index (χ1v) is 9.13. The fraction of sp³-hybridized carbons (Fsp3) is 0.611. The number of hydrogen-bond acceptors (Lipinski definition) is 4. The number of morpholine rings is 1. The van der Waals surface area contributed by atoms with Crippen LogP contribution in [0.25, 0.3) is 0 Å². The lowest BCUT2D eigenvalue weighted by molar-refractivity contribution is 0.0170. The second-order valence-electron chi connectivity index (χ2n) is 5.95. The van der Waals surface area contributed by atoms with Crippen LogP contribution in [0.2, 0.25) is 5.02 Å². The number of guanidine groups is 1. The summed E-state index contributed by atoms with van der Waals surface area (Å²) in [5.74, 6) is 0.802. The number of methoxy groups -OCH3 is 1. The molecule has 140 valence electrons. The summed E-state index contributed by atoms with van der Waals surface area (Å²) in [6.45, 7) is 5.68. The van der Waals surface area contributed by atoms with Gasteiger partial charge in [0.15, 0.2) is 5.96 Å². The Bertz CT molecular complexity index is 536. The van der Waals surface area contributed by atoms with E-state index in [9.17, 15) is 0 Å². The van der Waals surface area contributed by atoms with Crippen LogP contribution in [0.3, 0.4) is 0 Å². The molecule has 1 atom stereocenters. The first-order valence-electron chi connectivity index (χ1n) is 8.75. The maximum Gasteiger partial charge on any atom is 0.191 e. The van der Waals surface area contributed by atoms with Gasteiger partial charge in [-0.1, -0.05) is 23.7 Å². The van der Waals surface area contributed by atoms with Crippen LogP contribution in [0.4, 0.5) is 0 Å². The number of ether oxygens (including phenoxy) is 2. The molecule has 1 aliphatic heterocycles. The van der Waals surface area contributed by atoms with E-state index in [1.165, 1.54) is 5.56 Å². The average Bonchev–Trinajstić information content (AvgIpc) is 2.64. The van der Waals surface area contributed by atoms with Gasteiger partial charge in [-0.3, -0.25) is 9.89 Å². The van der Waals surface area contributed by atoms with E-state index in [1.54, 1.807) is 14.2 Å². The molecule has 25 heavy (non-hydrogen) atoms. The van der Waals surface area contributed by atoms with Crippen molar-refractivity contribution in [1.29, 1.82) is 0 Å². The van der Waals surface area contributed by atoms with Gasteiger partial charge in [0.05, 0.1) is 19.3 Å². The Hall–Kier alpha value is -1.34. The maximum atomic E-state index is 6.20. The molecule has 0 spiro atoms. The molecule has 0 bridgehead atoms. The molecule has 7 heteroatoms. The molecule has 2 N–H and O–H groups in total. The van der Waals surface area contributed by atoms with E-state index in [4.69, 9.17) is 21.1 Å². The van der Waals surface area contributed by atoms with Crippen LogP contribution in [0, 0.1) is 0 Å². The zero-order valence-corrected chi connectivity index (χ0v) is 15.9. The van der Waals surface area contributed by atoms with Gasteiger partial charge < -0.3 is 20.1 Å². The molecule has 0 amide bonds. The summed E-state index contributed by atoms with van der Waals surface area (Å²) in [7, 11) is 3.50. The Balaban J connectivity index is 1.97. The number of hydrogen-bond donors (Lipinski definition) is 2. The van der Waals surface area contributed by atoms with E-state index in [0.717, 1.165) is 63.4 Å². The maximum absolute atomic E-state index is 6.20. The first-order chi connectivity index (χ1) is 12.2. The van der Waals surface area contributed by atoms with Gasteiger partial charge in [-0.2, -0.15) is 0 Å². The number of nitrogens with one attached hydrogen (secondary N) is 2. The van der Waals surface area contributed by atoms with Gasteiger partial charge in [0.1, 0.15) is 0 Å². The monoisotopic (exact) mass is 368 g/mol. The lowest BCUT2D eigenvalue weighted by atomic mass is 10.0. The summed E-state index contributed by atoms with van der Waals surface area (Å²) in [5, 5.41) is 7.51. The summed E-state index contributed by atoms with van der Waals surface area (Å²) < 4.78 is 10.6. The standard InChI is InChI=1S/C18H29ClN4O2/c1-20-18(21-7-4-10-24-2)22-14-17(23-8-11-25-12-9-23)15-5-3-6-16(19)13-15/h3,5-6,13,17H,4,7-12,14H2,1-2H3,(H2,20,21,22). The van der Waals surface area contributed by atoms with Gasteiger partial charge >= 0.3 is 0 Å². The third-order valence-electron chi connectivity index (χ3n) is 4.22. The number of benzene rings is 1. The molecule has 1 aromatic rings. The summed E-state index contributed by atoms with van der Waals surface area (Å²) in [6, 6.07) is 8.30. The molecular weight excluding hydrogens is 340 g/mol. The minimum Gasteiger partial charge on any atom is -0.385 e. The second kappa shape index (κ2) is 11.3. The normalized spacial score (nSPS) is 17.3. The van der Waals surface area contributed by atoms with Crippen molar-refractivity contribution < 1.29 is 9.47 Å². The lowest BCUT2D eigenvalue weighted by Gasteiger charge is -2.35. The van der Waals surface area contributed by atoms with Gasteiger partial charge in [0.25, 0.3) is 0 Å². The van der Waals surface area contributed by atoms with Crippen molar-refractivity contribution >= 4 is 17.6 Å². The van der Waals surface area contributed by atoms with Crippen molar-refractivity contribution in [2.45, 2.75) is 12.5 Å². The zero-order valence-electron chi connectivity index (χ0n) is 15.1. The predicted molar refractivity (Wildman–Crippen MR) is 102 cm³/mol. The summed E-state index contributed by atoms with van der Waals surface area (Å²) in [5.41, 5.74) is 1.21. The number of halogens is 1. The minimum absolute atomic E-state index is 0.222. The smallest absolute Gasteiger partial charge is 0.191 e. The third kappa shape index (κ3) is 6.82. The largest absolute Gasteiger partial charge is 0.385 e. The highest BCUT2D eigenvalue weighted by molar-refractivity contribution is 6.30. The molecule has 1 saturated heterocycles. The topological polar surface area (TPSA) is 58.1 Å². The van der Waals surface area contributed by atoms with Crippen molar-refractivity contribution in [2.75, 3.05) is 60.2 Å². The predicted octanol–water partition coefficient (Wildman–Crippen LogP) is 1.91. The van der Waals surface area contributed by atoms with Crippen molar-refractivity contribution in [3.8, 4) is 0 Å². The first kappa shape index (κ1) is 20.0. The van der Waals surface area contributed by atoms with E-state index in [2.05, 4.69) is 26.6 Å². The molecule has 1 unspecified atom stereocenters. The van der Waals surface area contributed by atoms with E-state index in [-0.39, 0.29) is 6.04 Å². The molecule has 1 fully saturated rings. The van der Waals surface area contributed by atoms with Gasteiger partial charge in [0, 0.05) is 52.0 Å². The Kier molecular flexibility index (Phi) is 9.04. The van der Waals surface area contributed by atoms with Crippen LogP contribution in [0.1, 0.15) is 18.0 Å². The van der Waals surface area contributed by atoms with Crippen molar-refractivity contribution in [1.82, 2.24) is 15.5 Å². The number of aliphatic imine (C=N–C) groups is 1. The van der Waals surface area contributed by atoms with Gasteiger partial charge in [0.2, 0.25) is 0 Å². The molecule has 0 aliphatic carbocycles. The molecule has 1 heterocycles. The van der Waals surface area contributed by atoms with Crippen molar-refractivity contribution in [3.63, 3.8) is 0 Å². The number of nitrogens with zero attached hydrogens (tertiary/aromatic N) is 2.